The molecule has 2 atom stereocenters. The molecule has 0 aromatic carbocycles. The van der Waals surface area contributed by atoms with Gasteiger partial charge in [-0.2, -0.15) is 8.78 Å². The van der Waals surface area contributed by atoms with E-state index in [0.717, 1.165) is 11.0 Å². The third-order valence-corrected chi connectivity index (χ3v) is 3.26. The largest absolute Gasteiger partial charge is 0.337 e. The first-order valence-corrected chi connectivity index (χ1v) is 6.18. The molecule has 0 saturated carbocycles. The minimum atomic E-state index is -2.66. The van der Waals surface area contributed by atoms with E-state index in [1.807, 2.05) is 13.8 Å². The van der Waals surface area contributed by atoms with Crippen LogP contribution in [0.1, 0.15) is 32.6 Å². The Labute approximate surface area is 123 Å². The highest BCUT2D eigenvalue weighted by Crippen LogP contribution is 2.14. The topological polar surface area (TPSA) is 64.2 Å². The van der Waals surface area contributed by atoms with Crippen molar-refractivity contribution in [3.05, 3.63) is 18.2 Å². The van der Waals surface area contributed by atoms with Gasteiger partial charge in [-0.3, -0.25) is 9.36 Å². The molecule has 1 rings (SSSR count). The summed E-state index contributed by atoms with van der Waals surface area (Å²) in [5.74, 6) is -0.0786. The van der Waals surface area contributed by atoms with Gasteiger partial charge < -0.3 is 10.6 Å². The number of likely N-dealkylation sites (N-methyl/N-ethyl adjacent to an activating group) is 1. The van der Waals surface area contributed by atoms with Crippen LogP contribution in [0.25, 0.3) is 0 Å². The zero-order valence-corrected chi connectivity index (χ0v) is 12.6. The van der Waals surface area contributed by atoms with Gasteiger partial charge in [0, 0.05) is 19.4 Å². The standard InChI is InChI=1S/C12H20F2N4O.ClH/c1-4-8(2)10(15)11(19)17(3)7-9-16-5-6-18(9)12(13)14;/h5-6,8,10,12H,4,7,15H2,1-3H3;1H. The molecule has 0 aliphatic rings. The van der Waals surface area contributed by atoms with Gasteiger partial charge in [0.05, 0.1) is 12.6 Å². The monoisotopic (exact) mass is 310 g/mol. The van der Waals surface area contributed by atoms with E-state index in [1.165, 1.54) is 24.3 Å². The summed E-state index contributed by atoms with van der Waals surface area (Å²) < 4.78 is 26.0. The quantitative estimate of drug-likeness (QED) is 0.874. The number of carbonyl (C=O) groups excluding carboxylic acids is 1. The van der Waals surface area contributed by atoms with E-state index in [2.05, 4.69) is 4.98 Å². The Kier molecular flexibility index (Phi) is 7.67. The molecule has 8 heteroatoms. The first-order valence-electron chi connectivity index (χ1n) is 6.18. The summed E-state index contributed by atoms with van der Waals surface area (Å²) >= 11 is 0. The number of imidazole rings is 1. The molecule has 1 amide bonds. The minimum absolute atomic E-state index is 0. The smallest absolute Gasteiger partial charge is 0.319 e. The van der Waals surface area contributed by atoms with Crippen LogP contribution in [0, 0.1) is 5.92 Å². The van der Waals surface area contributed by atoms with Crippen molar-refractivity contribution >= 4 is 18.3 Å². The van der Waals surface area contributed by atoms with Crippen LogP contribution in [0.4, 0.5) is 8.78 Å². The second-order valence-electron chi connectivity index (χ2n) is 4.63. The van der Waals surface area contributed by atoms with Gasteiger partial charge in [0.25, 0.3) is 0 Å². The van der Waals surface area contributed by atoms with Crippen molar-refractivity contribution in [2.75, 3.05) is 7.05 Å². The number of amides is 1. The van der Waals surface area contributed by atoms with E-state index in [0.29, 0.717) is 0 Å². The van der Waals surface area contributed by atoms with Crippen molar-refractivity contribution in [2.24, 2.45) is 11.7 Å². The number of alkyl halides is 2. The zero-order chi connectivity index (χ0) is 14.6. The summed E-state index contributed by atoms with van der Waals surface area (Å²) in [6.45, 7) is 1.18. The molecule has 0 spiro atoms. The summed E-state index contributed by atoms with van der Waals surface area (Å²) in [4.78, 5) is 17.2. The fourth-order valence-electron chi connectivity index (χ4n) is 1.69. The van der Waals surface area contributed by atoms with E-state index >= 15 is 0 Å². The Morgan fingerprint density at radius 1 is 1.55 bits per heavy atom. The maximum absolute atomic E-state index is 12.6. The predicted molar refractivity (Wildman–Crippen MR) is 74.6 cm³/mol. The van der Waals surface area contributed by atoms with Crippen molar-refractivity contribution in [1.82, 2.24) is 14.5 Å². The van der Waals surface area contributed by atoms with Gasteiger partial charge in [0.2, 0.25) is 5.91 Å². The summed E-state index contributed by atoms with van der Waals surface area (Å²) in [6, 6.07) is -0.620. The Morgan fingerprint density at radius 3 is 2.65 bits per heavy atom. The van der Waals surface area contributed by atoms with Crippen LogP contribution < -0.4 is 5.73 Å². The molecule has 5 nitrogen and oxygen atoms in total. The summed E-state index contributed by atoms with van der Waals surface area (Å²) in [7, 11) is 1.54. The molecule has 116 valence electrons. The van der Waals surface area contributed by atoms with Crippen LogP contribution in [0.15, 0.2) is 12.4 Å². The fraction of sp³-hybridized carbons (Fsp3) is 0.667. The summed E-state index contributed by atoms with van der Waals surface area (Å²) in [5.41, 5.74) is 5.83. The van der Waals surface area contributed by atoms with Crippen LogP contribution in [-0.2, 0) is 11.3 Å². The molecule has 20 heavy (non-hydrogen) atoms. The zero-order valence-electron chi connectivity index (χ0n) is 11.8. The molecule has 1 aromatic heterocycles. The van der Waals surface area contributed by atoms with Crippen molar-refractivity contribution in [2.45, 2.75) is 39.4 Å². The van der Waals surface area contributed by atoms with Gasteiger partial charge in [0.1, 0.15) is 5.82 Å². The number of carbonyl (C=O) groups is 1. The van der Waals surface area contributed by atoms with Crippen molar-refractivity contribution < 1.29 is 13.6 Å². The van der Waals surface area contributed by atoms with E-state index in [9.17, 15) is 13.6 Å². The second-order valence-corrected chi connectivity index (χ2v) is 4.63. The fourth-order valence-corrected chi connectivity index (χ4v) is 1.69. The highest BCUT2D eigenvalue weighted by atomic mass is 35.5. The third kappa shape index (κ3) is 4.42. The molecule has 0 saturated heterocycles. The lowest BCUT2D eigenvalue weighted by atomic mass is 9.99. The van der Waals surface area contributed by atoms with Crippen molar-refractivity contribution in [3.8, 4) is 0 Å². The molecule has 2 unspecified atom stereocenters. The summed E-state index contributed by atoms with van der Waals surface area (Å²) in [5, 5.41) is 0. The molecule has 0 fully saturated rings. The number of halogens is 3. The maximum Gasteiger partial charge on any atom is 0.319 e. The number of nitrogens with zero attached hydrogens (tertiary/aromatic N) is 3. The lowest BCUT2D eigenvalue weighted by Crippen LogP contribution is -2.45. The lowest BCUT2D eigenvalue weighted by Gasteiger charge is -2.24. The summed E-state index contributed by atoms with van der Waals surface area (Å²) in [6.07, 6.45) is 3.26. The first kappa shape index (κ1) is 18.8. The number of rotatable bonds is 6. The lowest BCUT2D eigenvalue weighted by molar-refractivity contribution is -0.133. The Morgan fingerprint density at radius 2 is 2.15 bits per heavy atom. The number of hydrogen-bond acceptors (Lipinski definition) is 3. The van der Waals surface area contributed by atoms with Gasteiger partial charge in [-0.1, -0.05) is 20.3 Å². The minimum Gasteiger partial charge on any atom is -0.337 e. The SMILES string of the molecule is CCC(C)C(N)C(=O)N(C)Cc1nccn1C(F)F.Cl. The van der Waals surface area contributed by atoms with Crippen LogP contribution in [-0.4, -0.2) is 33.4 Å². The van der Waals surface area contributed by atoms with Crippen LogP contribution in [0.3, 0.4) is 0 Å². The van der Waals surface area contributed by atoms with Crippen molar-refractivity contribution in [3.63, 3.8) is 0 Å². The second kappa shape index (κ2) is 8.16. The molecule has 1 aromatic rings. The average Bonchev–Trinajstić information content (AvgIpc) is 2.84. The molecule has 0 radical (unpaired) electrons. The molecular formula is C12H21ClF2N4O. The third-order valence-electron chi connectivity index (χ3n) is 3.26. The van der Waals surface area contributed by atoms with E-state index in [-0.39, 0.29) is 36.6 Å². The maximum atomic E-state index is 12.6. The molecule has 2 N–H and O–H groups in total. The highest BCUT2D eigenvalue weighted by Gasteiger charge is 2.24. The van der Waals surface area contributed by atoms with E-state index in [4.69, 9.17) is 5.73 Å². The Balaban J connectivity index is 0.00000361. The Bertz CT molecular complexity index is 427. The Hall–Kier alpha value is -1.21. The van der Waals surface area contributed by atoms with Gasteiger partial charge in [0.15, 0.2) is 0 Å². The molecule has 1 heterocycles. The number of nitrogens with two attached hydrogens (primary N) is 1. The van der Waals surface area contributed by atoms with Crippen molar-refractivity contribution in [1.29, 1.82) is 0 Å². The van der Waals surface area contributed by atoms with Gasteiger partial charge in [-0.05, 0) is 5.92 Å². The van der Waals surface area contributed by atoms with Gasteiger partial charge >= 0.3 is 6.55 Å². The van der Waals surface area contributed by atoms with E-state index in [1.54, 1.807) is 0 Å². The number of aromatic nitrogens is 2. The molecule has 0 bridgehead atoms. The predicted octanol–water partition coefficient (Wildman–Crippen LogP) is 2.03. The average molecular weight is 311 g/mol. The number of hydrogen-bond donors (Lipinski definition) is 1. The first-order chi connectivity index (χ1) is 8.88. The van der Waals surface area contributed by atoms with Gasteiger partial charge in [-0.15, -0.1) is 12.4 Å². The van der Waals surface area contributed by atoms with Crippen LogP contribution >= 0.6 is 12.4 Å². The van der Waals surface area contributed by atoms with Crippen LogP contribution in [0.2, 0.25) is 0 Å². The highest BCUT2D eigenvalue weighted by molar-refractivity contribution is 5.85. The molecular weight excluding hydrogens is 290 g/mol. The molecule has 0 aliphatic carbocycles. The van der Waals surface area contributed by atoms with Crippen LogP contribution in [0.5, 0.6) is 0 Å². The molecule has 0 aliphatic heterocycles. The van der Waals surface area contributed by atoms with Gasteiger partial charge in [-0.25, -0.2) is 4.98 Å². The van der Waals surface area contributed by atoms with E-state index < -0.39 is 12.6 Å². The normalized spacial score (nSPS) is 13.8.